The van der Waals surface area contributed by atoms with E-state index in [2.05, 4.69) is 22.1 Å². The molecule has 184 valence electrons. The first kappa shape index (κ1) is 26.0. The van der Waals surface area contributed by atoms with Crippen molar-refractivity contribution in [3.8, 4) is 5.75 Å². The predicted octanol–water partition coefficient (Wildman–Crippen LogP) is 5.35. The first-order valence-corrected chi connectivity index (χ1v) is 11.1. The second-order valence-corrected chi connectivity index (χ2v) is 8.22. The summed E-state index contributed by atoms with van der Waals surface area (Å²) in [5.41, 5.74) is -0.974. The number of aromatic nitrogens is 3. The van der Waals surface area contributed by atoms with Gasteiger partial charge in [-0.3, -0.25) is 19.5 Å². The summed E-state index contributed by atoms with van der Waals surface area (Å²) in [5.74, 6) is -0.223. The summed E-state index contributed by atoms with van der Waals surface area (Å²) in [4.78, 5) is 22.7. The van der Waals surface area contributed by atoms with E-state index in [4.69, 9.17) is 16.3 Å². The van der Waals surface area contributed by atoms with E-state index in [9.17, 15) is 28.1 Å². The molecule has 0 aliphatic carbocycles. The molecule has 0 radical (unpaired) electrons. The summed E-state index contributed by atoms with van der Waals surface area (Å²) < 4.78 is 45.7. The number of amides is 1. The molecule has 3 rings (SSSR count). The first-order valence-electron chi connectivity index (χ1n) is 9.78. The number of alkyl halides is 3. The number of carbonyl (C=O) groups is 1. The normalized spacial score (nSPS) is 11.2. The third-order valence-corrected chi connectivity index (χ3v) is 5.68. The monoisotopic (exact) mass is 527 g/mol. The number of nitrogens with zero attached hydrogens (tertiary/aromatic N) is 4. The van der Waals surface area contributed by atoms with Gasteiger partial charge < -0.3 is 10.1 Å². The van der Waals surface area contributed by atoms with E-state index in [0.717, 1.165) is 30.0 Å². The van der Waals surface area contributed by atoms with Crippen LogP contribution in [0.1, 0.15) is 11.4 Å². The highest BCUT2D eigenvalue weighted by Crippen LogP contribution is 2.31. The molecular formula is C21H17ClF3N5O4S. The zero-order chi connectivity index (χ0) is 25.6. The fourth-order valence-electron chi connectivity index (χ4n) is 2.81. The molecule has 0 aliphatic rings. The van der Waals surface area contributed by atoms with Crippen molar-refractivity contribution in [1.29, 1.82) is 0 Å². The molecule has 9 nitrogen and oxygen atoms in total. The number of rotatable bonds is 10. The quantitative estimate of drug-likeness (QED) is 0.163. The van der Waals surface area contributed by atoms with Gasteiger partial charge in [0.05, 0.1) is 16.2 Å². The van der Waals surface area contributed by atoms with E-state index in [-0.39, 0.29) is 41.1 Å². The van der Waals surface area contributed by atoms with Crippen LogP contribution in [-0.2, 0) is 24.1 Å². The summed E-state index contributed by atoms with van der Waals surface area (Å²) in [5, 5.41) is 21.8. The van der Waals surface area contributed by atoms with Crippen molar-refractivity contribution in [3.05, 3.63) is 81.6 Å². The largest absolute Gasteiger partial charge is 0.486 e. The van der Waals surface area contributed by atoms with E-state index in [0.29, 0.717) is 11.0 Å². The summed E-state index contributed by atoms with van der Waals surface area (Å²) in [6.45, 7) is 3.76. The lowest BCUT2D eigenvalue weighted by Gasteiger charge is -2.11. The molecule has 1 N–H and O–H groups in total. The molecule has 0 bridgehead atoms. The molecule has 0 spiro atoms. The first-order chi connectivity index (χ1) is 16.6. The van der Waals surface area contributed by atoms with Crippen LogP contribution in [0.4, 0.5) is 24.5 Å². The standard InChI is InChI=1S/C21H17ClF3N5O4S/c1-2-8-29-18(11-34-15-5-3-4-13(9-15)21(23,24)25)27-28-20(29)35-12-19(31)26-14-6-7-16(22)17(10-14)30(32)33/h2-7,9-10H,1,8,11-12H2,(H,26,31). The molecule has 0 atom stereocenters. The van der Waals surface area contributed by atoms with Gasteiger partial charge in [-0.25, -0.2) is 0 Å². The molecule has 1 heterocycles. The molecule has 0 unspecified atom stereocenters. The van der Waals surface area contributed by atoms with Crippen molar-refractivity contribution in [2.45, 2.75) is 24.5 Å². The Morgan fingerprint density at radius 1 is 1.29 bits per heavy atom. The molecule has 1 amide bonds. The molecule has 0 saturated carbocycles. The second-order valence-electron chi connectivity index (χ2n) is 6.87. The van der Waals surface area contributed by atoms with Gasteiger partial charge in [0, 0.05) is 18.3 Å². The molecule has 14 heteroatoms. The third-order valence-electron chi connectivity index (χ3n) is 4.39. The Kier molecular flexibility index (Phi) is 8.35. The molecule has 3 aromatic rings. The highest BCUT2D eigenvalue weighted by atomic mass is 35.5. The van der Waals surface area contributed by atoms with E-state index in [1.807, 2.05) is 0 Å². The third kappa shape index (κ3) is 6.96. The highest BCUT2D eigenvalue weighted by molar-refractivity contribution is 7.99. The SMILES string of the molecule is C=CCn1c(COc2cccc(C(F)(F)F)c2)nnc1SCC(=O)Nc1ccc(Cl)c([N+](=O)[O-])c1. The zero-order valence-electron chi connectivity index (χ0n) is 17.8. The van der Waals surface area contributed by atoms with Crippen LogP contribution in [0.5, 0.6) is 5.75 Å². The van der Waals surface area contributed by atoms with Gasteiger partial charge in [0.1, 0.15) is 17.4 Å². The van der Waals surface area contributed by atoms with E-state index < -0.39 is 22.6 Å². The zero-order valence-corrected chi connectivity index (χ0v) is 19.4. The Bertz CT molecular complexity index is 1250. The lowest BCUT2D eigenvalue weighted by atomic mass is 10.2. The van der Waals surface area contributed by atoms with Crippen LogP contribution in [0.25, 0.3) is 0 Å². The van der Waals surface area contributed by atoms with Crippen LogP contribution in [0.3, 0.4) is 0 Å². The van der Waals surface area contributed by atoms with Gasteiger partial charge in [0.25, 0.3) is 5.69 Å². The van der Waals surface area contributed by atoms with Crippen LogP contribution in [0.15, 0.2) is 60.3 Å². The van der Waals surface area contributed by atoms with Crippen molar-refractivity contribution in [2.24, 2.45) is 0 Å². The van der Waals surface area contributed by atoms with Crippen LogP contribution in [0, 0.1) is 10.1 Å². The topological polar surface area (TPSA) is 112 Å². The van der Waals surface area contributed by atoms with Gasteiger partial charge >= 0.3 is 6.18 Å². The minimum Gasteiger partial charge on any atom is -0.486 e. The molecule has 1 aromatic heterocycles. The fraction of sp³-hybridized carbons (Fsp3) is 0.190. The number of nitrogens with one attached hydrogen (secondary N) is 1. The van der Waals surface area contributed by atoms with Gasteiger partial charge in [0.15, 0.2) is 11.0 Å². The maximum absolute atomic E-state index is 12.9. The molecule has 2 aromatic carbocycles. The van der Waals surface area contributed by atoms with Crippen LogP contribution in [0.2, 0.25) is 5.02 Å². The van der Waals surface area contributed by atoms with Crippen molar-refractivity contribution < 1.29 is 27.6 Å². The number of hydrogen-bond donors (Lipinski definition) is 1. The van der Waals surface area contributed by atoms with Crippen molar-refractivity contribution in [1.82, 2.24) is 14.8 Å². The number of nitro benzene ring substituents is 1. The molecular weight excluding hydrogens is 511 g/mol. The van der Waals surface area contributed by atoms with Gasteiger partial charge in [-0.2, -0.15) is 13.2 Å². The predicted molar refractivity (Wildman–Crippen MR) is 123 cm³/mol. The molecule has 0 aliphatic heterocycles. The minimum absolute atomic E-state index is 0.0126. The Labute approximate surface area is 206 Å². The van der Waals surface area contributed by atoms with Gasteiger partial charge in [0.2, 0.25) is 5.91 Å². The Balaban J connectivity index is 1.64. The lowest BCUT2D eigenvalue weighted by molar-refractivity contribution is -0.384. The average Bonchev–Trinajstić information content (AvgIpc) is 3.19. The summed E-state index contributed by atoms with van der Waals surface area (Å²) in [7, 11) is 0. The number of thioether (sulfide) groups is 1. The number of hydrogen-bond acceptors (Lipinski definition) is 7. The summed E-state index contributed by atoms with van der Waals surface area (Å²) in [6.07, 6.45) is -2.93. The van der Waals surface area contributed by atoms with Crippen LogP contribution in [-0.4, -0.2) is 31.3 Å². The van der Waals surface area contributed by atoms with E-state index >= 15 is 0 Å². The van der Waals surface area contributed by atoms with Gasteiger partial charge in [-0.1, -0.05) is 35.5 Å². The van der Waals surface area contributed by atoms with E-state index in [1.165, 1.54) is 24.3 Å². The Hall–Kier alpha value is -3.58. The number of carbonyl (C=O) groups excluding carboxylic acids is 1. The molecule has 35 heavy (non-hydrogen) atoms. The second kappa shape index (κ2) is 11.2. The summed E-state index contributed by atoms with van der Waals surface area (Å²) in [6, 6.07) is 8.34. The lowest BCUT2D eigenvalue weighted by Crippen LogP contribution is -2.15. The maximum atomic E-state index is 12.9. The Morgan fingerprint density at radius 2 is 2.06 bits per heavy atom. The van der Waals surface area contributed by atoms with Gasteiger partial charge in [-0.15, -0.1) is 16.8 Å². The number of halogens is 4. The fourth-order valence-corrected chi connectivity index (χ4v) is 3.77. The maximum Gasteiger partial charge on any atom is 0.416 e. The number of nitro groups is 1. The minimum atomic E-state index is -4.50. The van der Waals surface area contributed by atoms with Crippen molar-refractivity contribution in [2.75, 3.05) is 11.1 Å². The number of benzene rings is 2. The van der Waals surface area contributed by atoms with Crippen molar-refractivity contribution in [3.63, 3.8) is 0 Å². The van der Waals surface area contributed by atoms with Crippen molar-refractivity contribution >= 4 is 40.6 Å². The molecule has 0 saturated heterocycles. The smallest absolute Gasteiger partial charge is 0.416 e. The molecule has 0 fully saturated rings. The summed E-state index contributed by atoms with van der Waals surface area (Å²) >= 11 is 6.81. The highest BCUT2D eigenvalue weighted by Gasteiger charge is 2.30. The van der Waals surface area contributed by atoms with Gasteiger partial charge in [-0.05, 0) is 30.3 Å². The number of ether oxygens (including phenoxy) is 1. The average molecular weight is 528 g/mol. The van der Waals surface area contributed by atoms with Crippen LogP contribution >= 0.6 is 23.4 Å². The van der Waals surface area contributed by atoms with Crippen LogP contribution < -0.4 is 10.1 Å². The number of anilines is 1. The number of allylic oxidation sites excluding steroid dienone is 1. The Morgan fingerprint density at radius 3 is 2.74 bits per heavy atom. The van der Waals surface area contributed by atoms with E-state index in [1.54, 1.807) is 10.6 Å².